The third kappa shape index (κ3) is 3.82. The summed E-state index contributed by atoms with van der Waals surface area (Å²) in [6.45, 7) is 0. The first kappa shape index (κ1) is 19.0. The minimum atomic E-state index is -0.461. The molecule has 0 spiro atoms. The van der Waals surface area contributed by atoms with Gasteiger partial charge in [-0.25, -0.2) is 4.98 Å². The summed E-state index contributed by atoms with van der Waals surface area (Å²) >= 11 is 1.47. The van der Waals surface area contributed by atoms with E-state index in [1.807, 2.05) is 60.3 Å². The molecular formula is C22H21N3O3S. The first-order valence-electron chi connectivity index (χ1n) is 9.08. The maximum atomic E-state index is 13.1. The SMILES string of the molecule is COc1cc(OC)cc([C@@H](NC(=O)c2cc3ccccc3s2)c2nccn2C)c1. The Morgan fingerprint density at radius 1 is 1.10 bits per heavy atom. The Morgan fingerprint density at radius 3 is 2.45 bits per heavy atom. The van der Waals surface area contributed by atoms with E-state index >= 15 is 0 Å². The Balaban J connectivity index is 1.73. The lowest BCUT2D eigenvalue weighted by Gasteiger charge is -2.20. The van der Waals surface area contributed by atoms with Gasteiger partial charge in [-0.15, -0.1) is 11.3 Å². The van der Waals surface area contributed by atoms with E-state index < -0.39 is 6.04 Å². The largest absolute Gasteiger partial charge is 0.497 e. The molecule has 0 fully saturated rings. The van der Waals surface area contributed by atoms with Crippen LogP contribution in [-0.2, 0) is 7.05 Å². The molecule has 0 radical (unpaired) electrons. The molecule has 6 nitrogen and oxygen atoms in total. The van der Waals surface area contributed by atoms with Crippen LogP contribution < -0.4 is 14.8 Å². The normalized spacial score (nSPS) is 12.0. The summed E-state index contributed by atoms with van der Waals surface area (Å²) in [6, 6.07) is 15.0. The first-order valence-corrected chi connectivity index (χ1v) is 9.90. The Labute approximate surface area is 172 Å². The quantitative estimate of drug-likeness (QED) is 0.521. The summed E-state index contributed by atoms with van der Waals surface area (Å²) < 4.78 is 13.8. The summed E-state index contributed by atoms with van der Waals surface area (Å²) in [7, 11) is 5.10. The summed E-state index contributed by atoms with van der Waals surface area (Å²) in [6.07, 6.45) is 3.57. The highest BCUT2D eigenvalue weighted by atomic mass is 32.1. The van der Waals surface area contributed by atoms with Crippen molar-refractivity contribution in [3.8, 4) is 11.5 Å². The maximum Gasteiger partial charge on any atom is 0.262 e. The number of benzene rings is 2. The predicted octanol–water partition coefficient (Wildman–Crippen LogP) is 4.17. The van der Waals surface area contributed by atoms with Crippen LogP contribution in [0.4, 0.5) is 0 Å². The maximum absolute atomic E-state index is 13.1. The van der Waals surface area contributed by atoms with E-state index in [2.05, 4.69) is 10.3 Å². The Bertz CT molecular complexity index is 1110. The van der Waals surface area contributed by atoms with E-state index in [0.717, 1.165) is 21.5 Å². The van der Waals surface area contributed by atoms with Gasteiger partial charge in [0.15, 0.2) is 0 Å². The Morgan fingerprint density at radius 2 is 1.83 bits per heavy atom. The van der Waals surface area contributed by atoms with Crippen LogP contribution in [0.15, 0.2) is 60.9 Å². The minimum absolute atomic E-state index is 0.152. The van der Waals surface area contributed by atoms with E-state index in [9.17, 15) is 4.79 Å². The minimum Gasteiger partial charge on any atom is -0.497 e. The number of carbonyl (C=O) groups is 1. The monoisotopic (exact) mass is 407 g/mol. The lowest BCUT2D eigenvalue weighted by molar-refractivity contribution is 0.0945. The van der Waals surface area contributed by atoms with Crippen LogP contribution in [0, 0.1) is 0 Å². The van der Waals surface area contributed by atoms with Crippen LogP contribution in [0.5, 0.6) is 11.5 Å². The van der Waals surface area contributed by atoms with Gasteiger partial charge in [0.25, 0.3) is 5.91 Å². The molecule has 2 aromatic carbocycles. The molecule has 2 heterocycles. The van der Waals surface area contributed by atoms with Gasteiger partial charge in [-0.05, 0) is 35.2 Å². The molecule has 4 rings (SSSR count). The van der Waals surface area contributed by atoms with Gasteiger partial charge < -0.3 is 19.4 Å². The highest BCUT2D eigenvalue weighted by Crippen LogP contribution is 2.31. The zero-order chi connectivity index (χ0) is 20.4. The molecule has 1 N–H and O–H groups in total. The summed E-state index contributed by atoms with van der Waals surface area (Å²) in [5.74, 6) is 1.86. The standard InChI is InChI=1S/C22H21N3O3S/c1-25-9-8-23-21(25)20(15-10-16(27-2)13-17(11-15)28-3)24-22(26)19-12-14-6-4-5-7-18(14)29-19/h4-13,20H,1-3H3,(H,24,26)/t20-/m1/s1. The number of hydrogen-bond acceptors (Lipinski definition) is 5. The van der Waals surface area contributed by atoms with Crippen LogP contribution in [0.3, 0.4) is 0 Å². The summed E-state index contributed by atoms with van der Waals surface area (Å²) in [5.41, 5.74) is 0.824. The molecule has 0 aliphatic heterocycles. The number of carbonyl (C=O) groups excluding carboxylic acids is 1. The predicted molar refractivity (Wildman–Crippen MR) is 114 cm³/mol. The molecule has 2 aromatic heterocycles. The van der Waals surface area contributed by atoms with Gasteiger partial charge in [0.05, 0.1) is 19.1 Å². The fourth-order valence-corrected chi connectivity index (χ4v) is 4.21. The first-order chi connectivity index (χ1) is 14.1. The van der Waals surface area contributed by atoms with E-state index in [1.54, 1.807) is 26.5 Å². The number of fused-ring (bicyclic) bond motifs is 1. The van der Waals surface area contributed by atoms with Crippen molar-refractivity contribution in [3.63, 3.8) is 0 Å². The molecule has 1 atom stereocenters. The molecule has 0 saturated heterocycles. The van der Waals surface area contributed by atoms with Crippen LogP contribution in [0.25, 0.3) is 10.1 Å². The fraction of sp³-hybridized carbons (Fsp3) is 0.182. The highest BCUT2D eigenvalue weighted by Gasteiger charge is 2.24. The van der Waals surface area contributed by atoms with Crippen LogP contribution in [0.2, 0.25) is 0 Å². The molecule has 0 aliphatic carbocycles. The van der Waals surface area contributed by atoms with Crippen molar-refractivity contribution in [1.29, 1.82) is 0 Å². The molecule has 7 heteroatoms. The average molecular weight is 407 g/mol. The number of aryl methyl sites for hydroxylation is 1. The smallest absolute Gasteiger partial charge is 0.262 e. The van der Waals surface area contributed by atoms with Crippen LogP contribution >= 0.6 is 11.3 Å². The second kappa shape index (κ2) is 7.97. The van der Waals surface area contributed by atoms with Crippen molar-refractivity contribution in [2.24, 2.45) is 7.05 Å². The van der Waals surface area contributed by atoms with Gasteiger partial charge in [-0.2, -0.15) is 0 Å². The number of aromatic nitrogens is 2. The third-order valence-electron chi connectivity index (χ3n) is 4.75. The third-order valence-corrected chi connectivity index (χ3v) is 5.86. The molecule has 1 amide bonds. The van der Waals surface area contributed by atoms with E-state index in [0.29, 0.717) is 16.4 Å². The van der Waals surface area contributed by atoms with Gasteiger partial charge in [0.2, 0.25) is 0 Å². The van der Waals surface area contributed by atoms with Gasteiger partial charge in [-0.1, -0.05) is 18.2 Å². The topological polar surface area (TPSA) is 65.4 Å². The number of amides is 1. The number of nitrogens with one attached hydrogen (secondary N) is 1. The zero-order valence-electron chi connectivity index (χ0n) is 16.4. The molecule has 0 saturated carbocycles. The second-order valence-electron chi connectivity index (χ2n) is 6.60. The van der Waals surface area contributed by atoms with Gasteiger partial charge in [0.1, 0.15) is 23.4 Å². The fourth-order valence-electron chi connectivity index (χ4n) is 3.24. The zero-order valence-corrected chi connectivity index (χ0v) is 17.2. The van der Waals surface area contributed by atoms with Crippen LogP contribution in [-0.4, -0.2) is 29.7 Å². The van der Waals surface area contributed by atoms with E-state index in [1.165, 1.54) is 11.3 Å². The van der Waals surface area contributed by atoms with E-state index in [4.69, 9.17) is 9.47 Å². The number of thiophene rings is 1. The molecule has 148 valence electrons. The number of rotatable bonds is 6. The molecule has 4 aromatic rings. The number of hydrogen-bond donors (Lipinski definition) is 1. The van der Waals surface area contributed by atoms with Gasteiger partial charge in [-0.3, -0.25) is 4.79 Å². The number of methoxy groups -OCH3 is 2. The second-order valence-corrected chi connectivity index (χ2v) is 7.68. The molecule has 0 unspecified atom stereocenters. The molecule has 29 heavy (non-hydrogen) atoms. The summed E-state index contributed by atoms with van der Waals surface area (Å²) in [4.78, 5) is 18.2. The van der Waals surface area contributed by atoms with Crippen LogP contribution in [0.1, 0.15) is 27.1 Å². The Hall–Kier alpha value is -3.32. The van der Waals surface area contributed by atoms with Crippen molar-refractivity contribution in [1.82, 2.24) is 14.9 Å². The van der Waals surface area contributed by atoms with Crippen molar-refractivity contribution in [2.45, 2.75) is 6.04 Å². The van der Waals surface area contributed by atoms with Gasteiger partial charge >= 0.3 is 0 Å². The average Bonchev–Trinajstić information content (AvgIpc) is 3.37. The Kier molecular flexibility index (Phi) is 5.22. The van der Waals surface area contributed by atoms with Gasteiger partial charge in [0, 0.05) is 30.2 Å². The number of imidazole rings is 1. The van der Waals surface area contributed by atoms with E-state index in [-0.39, 0.29) is 5.91 Å². The molecule has 0 aliphatic rings. The lowest BCUT2D eigenvalue weighted by atomic mass is 10.0. The van der Waals surface area contributed by atoms with Crippen molar-refractivity contribution in [3.05, 3.63) is 77.2 Å². The van der Waals surface area contributed by atoms with Crippen molar-refractivity contribution >= 4 is 27.3 Å². The lowest BCUT2D eigenvalue weighted by Crippen LogP contribution is -2.30. The number of ether oxygens (including phenoxy) is 2. The molecular weight excluding hydrogens is 386 g/mol. The summed E-state index contributed by atoms with van der Waals surface area (Å²) in [5, 5.41) is 4.19. The molecule has 0 bridgehead atoms. The van der Waals surface area contributed by atoms with Crippen molar-refractivity contribution < 1.29 is 14.3 Å². The highest BCUT2D eigenvalue weighted by molar-refractivity contribution is 7.20. The van der Waals surface area contributed by atoms with Crippen molar-refractivity contribution in [2.75, 3.05) is 14.2 Å². The number of nitrogens with zero attached hydrogens (tertiary/aromatic N) is 2.